The van der Waals surface area contributed by atoms with Gasteiger partial charge in [-0.1, -0.05) is 30.3 Å². The van der Waals surface area contributed by atoms with Gasteiger partial charge in [0.1, 0.15) is 0 Å². The van der Waals surface area contributed by atoms with E-state index in [4.69, 9.17) is 0 Å². The fourth-order valence-corrected chi connectivity index (χ4v) is 2.60. The lowest BCUT2D eigenvalue weighted by Crippen LogP contribution is -2.36. The van der Waals surface area contributed by atoms with Gasteiger partial charge in [-0.3, -0.25) is 9.59 Å². The first-order valence-corrected chi connectivity index (χ1v) is 7.77. The number of allylic oxidation sites excluding steroid dienone is 1. The SMILES string of the molecule is C/C=C(\C)C(=O)N1CCC(=O)N(Cc2ccccc2C)CC1. The largest absolute Gasteiger partial charge is 0.337 e. The molecule has 0 aromatic heterocycles. The van der Waals surface area contributed by atoms with Gasteiger partial charge in [0, 0.05) is 38.2 Å². The van der Waals surface area contributed by atoms with Crippen molar-refractivity contribution < 1.29 is 9.59 Å². The number of hydrogen-bond acceptors (Lipinski definition) is 2. The lowest BCUT2D eigenvalue weighted by atomic mass is 10.1. The molecular formula is C18H24N2O2. The van der Waals surface area contributed by atoms with Crippen LogP contribution in [-0.4, -0.2) is 41.2 Å². The molecule has 0 aliphatic carbocycles. The topological polar surface area (TPSA) is 40.6 Å². The van der Waals surface area contributed by atoms with Crippen molar-refractivity contribution in [2.75, 3.05) is 19.6 Å². The highest BCUT2D eigenvalue weighted by molar-refractivity contribution is 5.93. The van der Waals surface area contributed by atoms with Crippen LogP contribution < -0.4 is 0 Å². The number of aryl methyl sites for hydroxylation is 1. The van der Waals surface area contributed by atoms with Crippen LogP contribution in [0.3, 0.4) is 0 Å². The third-order valence-electron chi connectivity index (χ3n) is 4.27. The highest BCUT2D eigenvalue weighted by Crippen LogP contribution is 2.14. The van der Waals surface area contributed by atoms with E-state index in [2.05, 4.69) is 19.1 Å². The lowest BCUT2D eigenvalue weighted by molar-refractivity contribution is -0.130. The van der Waals surface area contributed by atoms with E-state index < -0.39 is 0 Å². The summed E-state index contributed by atoms with van der Waals surface area (Å²) >= 11 is 0. The molecule has 0 N–H and O–H groups in total. The fraction of sp³-hybridized carbons (Fsp3) is 0.444. The summed E-state index contributed by atoms with van der Waals surface area (Å²) in [6, 6.07) is 8.11. The molecule has 0 unspecified atom stereocenters. The molecule has 2 rings (SSSR count). The van der Waals surface area contributed by atoms with Crippen LogP contribution >= 0.6 is 0 Å². The molecular weight excluding hydrogens is 276 g/mol. The van der Waals surface area contributed by atoms with E-state index in [1.54, 1.807) is 4.90 Å². The van der Waals surface area contributed by atoms with Crippen molar-refractivity contribution in [2.24, 2.45) is 0 Å². The Morgan fingerprint density at radius 3 is 2.64 bits per heavy atom. The van der Waals surface area contributed by atoms with Crippen LogP contribution in [0.1, 0.15) is 31.4 Å². The standard InChI is InChI=1S/C18H24N2O2/c1-4-14(2)18(22)19-10-9-17(21)20(12-11-19)13-16-8-6-5-7-15(16)3/h4-8H,9-13H2,1-3H3/b14-4+. The zero-order chi connectivity index (χ0) is 16.1. The third-order valence-corrected chi connectivity index (χ3v) is 4.27. The number of rotatable bonds is 3. The maximum atomic E-state index is 12.3. The molecule has 1 fully saturated rings. The van der Waals surface area contributed by atoms with Crippen molar-refractivity contribution in [1.29, 1.82) is 0 Å². The Morgan fingerprint density at radius 1 is 1.23 bits per heavy atom. The molecule has 118 valence electrons. The summed E-state index contributed by atoms with van der Waals surface area (Å²) in [7, 11) is 0. The van der Waals surface area contributed by atoms with Crippen molar-refractivity contribution in [2.45, 2.75) is 33.7 Å². The fourth-order valence-electron chi connectivity index (χ4n) is 2.60. The third kappa shape index (κ3) is 3.75. The van der Waals surface area contributed by atoms with Gasteiger partial charge in [-0.2, -0.15) is 0 Å². The smallest absolute Gasteiger partial charge is 0.249 e. The Balaban J connectivity index is 2.05. The molecule has 4 nitrogen and oxygen atoms in total. The van der Waals surface area contributed by atoms with Crippen LogP contribution in [0.15, 0.2) is 35.9 Å². The summed E-state index contributed by atoms with van der Waals surface area (Å²) in [6.45, 7) is 8.06. The highest BCUT2D eigenvalue weighted by atomic mass is 16.2. The molecule has 1 heterocycles. The number of amides is 2. The molecule has 0 saturated carbocycles. The predicted molar refractivity (Wildman–Crippen MR) is 87.2 cm³/mol. The summed E-state index contributed by atoms with van der Waals surface area (Å²) in [5, 5.41) is 0. The Bertz CT molecular complexity index is 593. The number of nitrogens with zero attached hydrogens (tertiary/aromatic N) is 2. The molecule has 1 aromatic carbocycles. The Labute approximate surface area is 132 Å². The molecule has 0 radical (unpaired) electrons. The summed E-state index contributed by atoms with van der Waals surface area (Å²) in [5.74, 6) is 0.157. The lowest BCUT2D eigenvalue weighted by Gasteiger charge is -2.23. The number of carbonyl (C=O) groups excluding carboxylic acids is 2. The van der Waals surface area contributed by atoms with Crippen molar-refractivity contribution in [1.82, 2.24) is 9.80 Å². The first-order chi connectivity index (χ1) is 10.5. The zero-order valence-corrected chi connectivity index (χ0v) is 13.6. The summed E-state index contributed by atoms with van der Waals surface area (Å²) < 4.78 is 0. The van der Waals surface area contributed by atoms with E-state index in [0.29, 0.717) is 32.6 Å². The molecule has 4 heteroatoms. The average Bonchev–Trinajstić information content (AvgIpc) is 2.70. The first kappa shape index (κ1) is 16.3. The van der Waals surface area contributed by atoms with Crippen molar-refractivity contribution in [3.8, 4) is 0 Å². The normalized spacial score (nSPS) is 16.7. The molecule has 1 saturated heterocycles. The number of hydrogen-bond donors (Lipinski definition) is 0. The minimum atomic E-state index is 0.0352. The van der Waals surface area contributed by atoms with Crippen LogP contribution in [0.4, 0.5) is 0 Å². The van der Waals surface area contributed by atoms with Gasteiger partial charge in [0.15, 0.2) is 0 Å². The molecule has 2 amide bonds. The highest BCUT2D eigenvalue weighted by Gasteiger charge is 2.24. The van der Waals surface area contributed by atoms with Gasteiger partial charge in [-0.25, -0.2) is 0 Å². The van der Waals surface area contributed by atoms with Crippen LogP contribution in [0.2, 0.25) is 0 Å². The van der Waals surface area contributed by atoms with Gasteiger partial charge in [0.05, 0.1) is 0 Å². The maximum Gasteiger partial charge on any atom is 0.249 e. The van der Waals surface area contributed by atoms with Crippen LogP contribution in [0, 0.1) is 6.92 Å². The van der Waals surface area contributed by atoms with Gasteiger partial charge in [-0.05, 0) is 31.9 Å². The van der Waals surface area contributed by atoms with E-state index in [0.717, 1.165) is 5.57 Å². The van der Waals surface area contributed by atoms with E-state index >= 15 is 0 Å². The average molecular weight is 300 g/mol. The summed E-state index contributed by atoms with van der Waals surface area (Å²) in [4.78, 5) is 28.2. The second-order valence-corrected chi connectivity index (χ2v) is 5.76. The quantitative estimate of drug-likeness (QED) is 0.805. The molecule has 1 aromatic rings. The van der Waals surface area contributed by atoms with Gasteiger partial charge in [-0.15, -0.1) is 0 Å². The van der Waals surface area contributed by atoms with Crippen LogP contribution in [0.25, 0.3) is 0 Å². The molecule has 22 heavy (non-hydrogen) atoms. The van der Waals surface area contributed by atoms with E-state index in [-0.39, 0.29) is 11.8 Å². The van der Waals surface area contributed by atoms with Crippen molar-refractivity contribution in [3.05, 3.63) is 47.0 Å². The molecule has 0 atom stereocenters. The van der Waals surface area contributed by atoms with E-state index in [9.17, 15) is 9.59 Å². The molecule has 1 aliphatic rings. The minimum absolute atomic E-state index is 0.0352. The van der Waals surface area contributed by atoms with Crippen molar-refractivity contribution >= 4 is 11.8 Å². The van der Waals surface area contributed by atoms with Crippen molar-refractivity contribution in [3.63, 3.8) is 0 Å². The summed E-state index contributed by atoms with van der Waals surface area (Å²) in [6.07, 6.45) is 2.22. The second kappa shape index (κ2) is 7.25. The van der Waals surface area contributed by atoms with E-state index in [1.807, 2.05) is 37.0 Å². The molecule has 1 aliphatic heterocycles. The summed E-state index contributed by atoms with van der Waals surface area (Å²) in [5.41, 5.74) is 3.09. The Kier molecular flexibility index (Phi) is 5.36. The second-order valence-electron chi connectivity index (χ2n) is 5.76. The monoisotopic (exact) mass is 300 g/mol. The Morgan fingerprint density at radius 2 is 1.95 bits per heavy atom. The van der Waals surface area contributed by atoms with Gasteiger partial charge in [0.2, 0.25) is 11.8 Å². The first-order valence-electron chi connectivity index (χ1n) is 7.77. The van der Waals surface area contributed by atoms with Gasteiger partial charge >= 0.3 is 0 Å². The predicted octanol–water partition coefficient (Wildman–Crippen LogP) is 2.52. The molecule has 0 bridgehead atoms. The van der Waals surface area contributed by atoms with Crippen LogP contribution in [0.5, 0.6) is 0 Å². The van der Waals surface area contributed by atoms with Crippen LogP contribution in [-0.2, 0) is 16.1 Å². The van der Waals surface area contributed by atoms with Gasteiger partial charge in [0.25, 0.3) is 0 Å². The number of benzene rings is 1. The maximum absolute atomic E-state index is 12.3. The molecule has 0 spiro atoms. The van der Waals surface area contributed by atoms with Gasteiger partial charge < -0.3 is 9.80 Å². The minimum Gasteiger partial charge on any atom is -0.337 e. The van der Waals surface area contributed by atoms with E-state index in [1.165, 1.54) is 11.1 Å². The number of carbonyl (C=O) groups is 2. The zero-order valence-electron chi connectivity index (χ0n) is 13.6. The Hall–Kier alpha value is -2.10.